The molecular formula is C10H13N3O3. The zero-order valence-corrected chi connectivity index (χ0v) is 8.65. The van der Waals surface area contributed by atoms with Gasteiger partial charge in [0.25, 0.3) is 0 Å². The fourth-order valence-corrected chi connectivity index (χ4v) is 1.39. The van der Waals surface area contributed by atoms with Crippen LogP contribution < -0.4 is 0 Å². The van der Waals surface area contributed by atoms with Crippen molar-refractivity contribution in [1.29, 1.82) is 0 Å². The average molecular weight is 223 g/mol. The van der Waals surface area contributed by atoms with Crippen LogP contribution >= 0.6 is 0 Å². The molecule has 2 aromatic rings. The van der Waals surface area contributed by atoms with Gasteiger partial charge in [-0.25, -0.2) is 9.97 Å². The van der Waals surface area contributed by atoms with Crippen molar-refractivity contribution in [2.24, 2.45) is 0 Å². The smallest absolute Gasteiger partial charge is 0.145 e. The maximum absolute atomic E-state index is 8.85. The number of rotatable bonds is 5. The third-order valence-corrected chi connectivity index (χ3v) is 2.28. The fraction of sp³-hybridized carbons (Fsp3) is 0.400. The predicted molar refractivity (Wildman–Crippen MR) is 56.6 cm³/mol. The summed E-state index contributed by atoms with van der Waals surface area (Å²) in [5.74, 6) is 0. The summed E-state index contributed by atoms with van der Waals surface area (Å²) in [6.45, 7) is -0.165. The van der Waals surface area contributed by atoms with Crippen molar-refractivity contribution in [3.05, 3.63) is 24.8 Å². The Morgan fingerprint density at radius 3 is 2.94 bits per heavy atom. The van der Waals surface area contributed by atoms with Gasteiger partial charge in [-0.15, -0.1) is 0 Å². The fourth-order valence-electron chi connectivity index (χ4n) is 1.39. The molecule has 0 bridgehead atoms. The lowest BCUT2D eigenvalue weighted by Gasteiger charge is -2.13. The summed E-state index contributed by atoms with van der Waals surface area (Å²) in [4.78, 5) is 8.03. The molecule has 0 amide bonds. The molecule has 0 radical (unpaired) electrons. The standard InChI is InChI=1S/C10H13N3O3/c14-4-9(5-15)16-7-13-2-1-8-3-11-6-12-10(8)13/h1-3,6,9,14-15H,4-5,7H2. The molecule has 6 nitrogen and oxygen atoms in total. The number of nitrogens with zero attached hydrogens (tertiary/aromatic N) is 3. The molecule has 0 unspecified atom stereocenters. The monoisotopic (exact) mass is 223 g/mol. The average Bonchev–Trinajstić information content (AvgIpc) is 2.74. The number of hydrogen-bond donors (Lipinski definition) is 2. The third-order valence-electron chi connectivity index (χ3n) is 2.28. The molecule has 0 aliphatic carbocycles. The Kier molecular flexibility index (Phi) is 3.45. The first-order valence-corrected chi connectivity index (χ1v) is 4.93. The van der Waals surface area contributed by atoms with Crippen molar-refractivity contribution in [1.82, 2.24) is 14.5 Å². The van der Waals surface area contributed by atoms with Crippen LogP contribution in [0, 0.1) is 0 Å². The summed E-state index contributed by atoms with van der Waals surface area (Å²) in [5.41, 5.74) is 0.768. The summed E-state index contributed by atoms with van der Waals surface area (Å²) in [5, 5.41) is 18.6. The number of ether oxygens (including phenoxy) is 1. The van der Waals surface area contributed by atoms with E-state index < -0.39 is 6.10 Å². The molecule has 0 spiro atoms. The van der Waals surface area contributed by atoms with Gasteiger partial charge >= 0.3 is 0 Å². The molecule has 0 aliphatic heterocycles. The first kappa shape index (κ1) is 11.0. The van der Waals surface area contributed by atoms with E-state index in [9.17, 15) is 0 Å². The molecule has 86 valence electrons. The van der Waals surface area contributed by atoms with Crippen LogP contribution in [-0.2, 0) is 11.5 Å². The number of aliphatic hydroxyl groups excluding tert-OH is 2. The number of fused-ring (bicyclic) bond motifs is 1. The molecule has 2 aromatic heterocycles. The van der Waals surface area contributed by atoms with E-state index in [1.165, 1.54) is 6.33 Å². The number of aromatic nitrogens is 3. The Bertz CT molecular complexity index is 453. The quantitative estimate of drug-likeness (QED) is 0.731. The van der Waals surface area contributed by atoms with Gasteiger partial charge in [-0.1, -0.05) is 0 Å². The molecular weight excluding hydrogens is 210 g/mol. The second kappa shape index (κ2) is 5.02. The summed E-state index contributed by atoms with van der Waals surface area (Å²) < 4.78 is 7.08. The van der Waals surface area contributed by atoms with Crippen LogP contribution in [0.5, 0.6) is 0 Å². The SMILES string of the molecule is OCC(CO)OCn1ccc2cncnc21. The summed E-state index contributed by atoms with van der Waals surface area (Å²) in [6, 6.07) is 1.88. The van der Waals surface area contributed by atoms with E-state index in [2.05, 4.69) is 9.97 Å². The lowest BCUT2D eigenvalue weighted by molar-refractivity contribution is -0.0486. The molecule has 2 heterocycles. The maximum Gasteiger partial charge on any atom is 0.145 e. The Hall–Kier alpha value is -1.50. The van der Waals surface area contributed by atoms with Gasteiger partial charge < -0.3 is 19.5 Å². The van der Waals surface area contributed by atoms with Gasteiger partial charge in [-0.3, -0.25) is 0 Å². The van der Waals surface area contributed by atoms with Crippen molar-refractivity contribution in [3.63, 3.8) is 0 Å². The first-order chi connectivity index (χ1) is 7.85. The van der Waals surface area contributed by atoms with Gasteiger partial charge in [0, 0.05) is 17.8 Å². The van der Waals surface area contributed by atoms with E-state index in [1.807, 2.05) is 12.3 Å². The second-order valence-electron chi connectivity index (χ2n) is 3.37. The highest BCUT2D eigenvalue weighted by Gasteiger charge is 2.07. The third kappa shape index (κ3) is 2.19. The van der Waals surface area contributed by atoms with E-state index in [0.29, 0.717) is 0 Å². The zero-order valence-electron chi connectivity index (χ0n) is 8.65. The van der Waals surface area contributed by atoms with Gasteiger partial charge in [0.1, 0.15) is 24.8 Å². The van der Waals surface area contributed by atoms with Gasteiger partial charge in [-0.2, -0.15) is 0 Å². The van der Waals surface area contributed by atoms with Gasteiger partial charge in [0.05, 0.1) is 13.2 Å². The van der Waals surface area contributed by atoms with Gasteiger partial charge in [0.2, 0.25) is 0 Å². The van der Waals surface area contributed by atoms with E-state index >= 15 is 0 Å². The summed E-state index contributed by atoms with van der Waals surface area (Å²) >= 11 is 0. The normalized spacial score (nSPS) is 11.4. The minimum absolute atomic E-state index is 0.204. The van der Waals surface area contributed by atoms with Crippen molar-refractivity contribution in [2.45, 2.75) is 12.8 Å². The van der Waals surface area contributed by atoms with E-state index in [-0.39, 0.29) is 19.9 Å². The van der Waals surface area contributed by atoms with Gasteiger partial charge in [-0.05, 0) is 6.07 Å². The summed E-state index contributed by atoms with van der Waals surface area (Å²) in [6.07, 6.45) is 4.45. The molecule has 2 N–H and O–H groups in total. The van der Waals surface area contributed by atoms with E-state index in [1.54, 1.807) is 10.8 Å². The molecule has 0 aliphatic rings. The van der Waals surface area contributed by atoms with Crippen LogP contribution in [0.15, 0.2) is 24.8 Å². The highest BCUT2D eigenvalue weighted by molar-refractivity contribution is 5.74. The highest BCUT2D eigenvalue weighted by atomic mass is 16.5. The lowest BCUT2D eigenvalue weighted by Crippen LogP contribution is -2.23. The topological polar surface area (TPSA) is 80.4 Å². The molecule has 6 heteroatoms. The second-order valence-corrected chi connectivity index (χ2v) is 3.37. The first-order valence-electron chi connectivity index (χ1n) is 4.93. The minimum atomic E-state index is -0.556. The maximum atomic E-state index is 8.85. The molecule has 0 aromatic carbocycles. The van der Waals surface area contributed by atoms with Gasteiger partial charge in [0.15, 0.2) is 0 Å². The Balaban J connectivity index is 2.09. The van der Waals surface area contributed by atoms with Crippen LogP contribution in [0.2, 0.25) is 0 Å². The molecule has 16 heavy (non-hydrogen) atoms. The summed E-state index contributed by atoms with van der Waals surface area (Å²) in [7, 11) is 0. The lowest BCUT2D eigenvalue weighted by atomic mass is 10.4. The van der Waals surface area contributed by atoms with E-state index in [4.69, 9.17) is 14.9 Å². The van der Waals surface area contributed by atoms with E-state index in [0.717, 1.165) is 11.0 Å². The minimum Gasteiger partial charge on any atom is -0.394 e. The predicted octanol–water partition coefficient (Wildman–Crippen LogP) is -0.241. The van der Waals surface area contributed by atoms with Crippen molar-refractivity contribution in [3.8, 4) is 0 Å². The van der Waals surface area contributed by atoms with Crippen LogP contribution in [0.3, 0.4) is 0 Å². The molecule has 0 saturated heterocycles. The number of hydrogen-bond acceptors (Lipinski definition) is 5. The Morgan fingerprint density at radius 2 is 2.19 bits per heavy atom. The van der Waals surface area contributed by atoms with Crippen LogP contribution in [0.25, 0.3) is 11.0 Å². The molecule has 0 fully saturated rings. The van der Waals surface area contributed by atoms with Crippen molar-refractivity contribution in [2.75, 3.05) is 13.2 Å². The highest BCUT2D eigenvalue weighted by Crippen LogP contribution is 2.11. The zero-order chi connectivity index (χ0) is 11.4. The number of aliphatic hydroxyl groups is 2. The van der Waals surface area contributed by atoms with Crippen LogP contribution in [0.1, 0.15) is 0 Å². The van der Waals surface area contributed by atoms with Crippen molar-refractivity contribution < 1.29 is 14.9 Å². The largest absolute Gasteiger partial charge is 0.394 e. The van der Waals surface area contributed by atoms with Crippen LogP contribution in [-0.4, -0.2) is 44.1 Å². The van der Waals surface area contributed by atoms with Crippen molar-refractivity contribution >= 4 is 11.0 Å². The molecule has 0 saturated carbocycles. The van der Waals surface area contributed by atoms with Crippen LogP contribution in [0.4, 0.5) is 0 Å². The Morgan fingerprint density at radius 1 is 1.38 bits per heavy atom. The molecule has 0 atom stereocenters. The Labute approximate surface area is 92.1 Å². The molecule has 2 rings (SSSR count).